The molecule has 1 fully saturated rings. The number of aromatic nitrogens is 5. The van der Waals surface area contributed by atoms with Gasteiger partial charge in [0.15, 0.2) is 17.1 Å². The van der Waals surface area contributed by atoms with Gasteiger partial charge >= 0.3 is 0 Å². The molecule has 0 unspecified atom stereocenters. The van der Waals surface area contributed by atoms with E-state index in [0.29, 0.717) is 72.5 Å². The second kappa shape index (κ2) is 10.5. The smallest absolute Gasteiger partial charge is 0.169 e. The number of anilines is 1. The summed E-state index contributed by atoms with van der Waals surface area (Å²) in [5.41, 5.74) is 9.91. The third-order valence-electron chi connectivity index (χ3n) is 6.46. The summed E-state index contributed by atoms with van der Waals surface area (Å²) in [5, 5.41) is 16.0. The van der Waals surface area contributed by atoms with Crippen molar-refractivity contribution in [2.24, 2.45) is 5.92 Å². The summed E-state index contributed by atoms with van der Waals surface area (Å²) in [6.07, 6.45) is 7.21. The van der Waals surface area contributed by atoms with Crippen LogP contribution < -0.4 is 15.2 Å². The van der Waals surface area contributed by atoms with E-state index in [2.05, 4.69) is 21.0 Å². The Morgan fingerprint density at radius 3 is 2.65 bits per heavy atom. The monoisotopic (exact) mass is 569 g/mol. The van der Waals surface area contributed by atoms with Gasteiger partial charge in [0.05, 0.1) is 39.5 Å². The fourth-order valence-electron chi connectivity index (χ4n) is 4.30. The molecule has 3 aromatic heterocycles. The zero-order valence-electron chi connectivity index (χ0n) is 21.2. The topological polar surface area (TPSA) is 125 Å². The first-order chi connectivity index (χ1) is 19.4. The number of halogens is 2. The second-order valence-electron chi connectivity index (χ2n) is 9.19. The molecule has 0 spiro atoms. The van der Waals surface area contributed by atoms with Crippen LogP contribution in [-0.2, 0) is 0 Å². The molecule has 6 rings (SSSR count). The lowest BCUT2D eigenvalue weighted by molar-refractivity contribution is 0.379. The molecule has 2 N–H and O–H groups in total. The summed E-state index contributed by atoms with van der Waals surface area (Å²) in [7, 11) is 1.55. The van der Waals surface area contributed by atoms with Crippen LogP contribution >= 0.6 is 23.2 Å². The number of rotatable bonds is 7. The first-order valence-corrected chi connectivity index (χ1v) is 13.1. The fourth-order valence-corrected chi connectivity index (χ4v) is 4.59. The van der Waals surface area contributed by atoms with Crippen molar-refractivity contribution in [1.82, 2.24) is 24.7 Å². The number of fused-ring (bicyclic) bond motifs is 1. The third kappa shape index (κ3) is 4.91. The highest BCUT2D eigenvalue weighted by Crippen LogP contribution is 2.39. The number of nitrogen functional groups attached to an aromatic ring is 1. The lowest BCUT2D eigenvalue weighted by atomic mass is 10.1. The van der Waals surface area contributed by atoms with Crippen molar-refractivity contribution in [2.45, 2.75) is 12.8 Å². The van der Waals surface area contributed by atoms with Gasteiger partial charge in [-0.2, -0.15) is 10.4 Å². The zero-order valence-corrected chi connectivity index (χ0v) is 22.7. The quantitative estimate of drug-likeness (QED) is 0.210. The summed E-state index contributed by atoms with van der Waals surface area (Å²) in [5.74, 6) is 2.17. The van der Waals surface area contributed by atoms with Gasteiger partial charge in [-0.1, -0.05) is 29.3 Å². The largest absolute Gasteiger partial charge is 0.493 e. The predicted octanol–water partition coefficient (Wildman–Crippen LogP) is 6.88. The average molecular weight is 570 g/mol. The third-order valence-corrected chi connectivity index (χ3v) is 7.20. The SMILES string of the molecule is COc1cc(-c2nn(-c3ccnc(/C(C#N)=C/C4CC4)c3)c3ncnc(N)c23)ccc1Oc1ccc(Cl)c(Cl)c1. The lowest BCUT2D eigenvalue weighted by Crippen LogP contribution is -2.01. The molecule has 1 aliphatic rings. The molecular weight excluding hydrogens is 549 g/mol. The van der Waals surface area contributed by atoms with Crippen LogP contribution in [0.25, 0.3) is 33.6 Å². The first-order valence-electron chi connectivity index (χ1n) is 12.3. The zero-order chi connectivity index (χ0) is 27.8. The molecule has 5 aromatic rings. The van der Waals surface area contributed by atoms with Gasteiger partial charge in [-0.15, -0.1) is 0 Å². The molecule has 0 bridgehead atoms. The number of allylic oxidation sites excluding steroid dienone is 2. The van der Waals surface area contributed by atoms with Gasteiger partial charge in [0, 0.05) is 17.8 Å². The van der Waals surface area contributed by atoms with Crippen LogP contribution in [0.5, 0.6) is 17.2 Å². The number of ether oxygens (including phenoxy) is 2. The Morgan fingerprint density at radius 2 is 1.90 bits per heavy atom. The highest BCUT2D eigenvalue weighted by molar-refractivity contribution is 6.42. The highest BCUT2D eigenvalue weighted by Gasteiger charge is 2.22. The standard InChI is InChI=1S/C29H21Cl2N7O2/c1-39-25-11-17(4-7-24(25)40-20-5-6-21(30)22(31)13-20)27-26-28(33)35-15-36-29(26)38(37-27)19-8-9-34-23(12-19)18(14-32)10-16-2-3-16/h4-13,15-16H,2-3H2,1H3,(H2,33,35,36)/b18-10+. The van der Waals surface area contributed by atoms with Crippen LogP contribution in [0.4, 0.5) is 5.82 Å². The molecule has 1 saturated carbocycles. The number of nitrogens with two attached hydrogens (primary N) is 1. The number of benzene rings is 2. The molecule has 198 valence electrons. The van der Waals surface area contributed by atoms with E-state index in [1.807, 2.05) is 18.2 Å². The Morgan fingerprint density at radius 1 is 1.05 bits per heavy atom. The molecule has 0 aliphatic heterocycles. The number of methoxy groups -OCH3 is 1. The molecule has 0 radical (unpaired) electrons. The van der Waals surface area contributed by atoms with Crippen molar-refractivity contribution in [3.05, 3.63) is 82.9 Å². The summed E-state index contributed by atoms with van der Waals surface area (Å²) >= 11 is 12.2. The fraction of sp³-hybridized carbons (Fsp3) is 0.138. The Bertz CT molecular complexity index is 1840. The Labute approximate surface area is 239 Å². The van der Waals surface area contributed by atoms with Crippen molar-refractivity contribution >= 4 is 45.6 Å². The molecule has 0 amide bonds. The molecule has 1 aliphatic carbocycles. The molecule has 3 heterocycles. The molecular formula is C29H21Cl2N7O2. The second-order valence-corrected chi connectivity index (χ2v) is 10.0. The summed E-state index contributed by atoms with van der Waals surface area (Å²) in [6, 6.07) is 16.3. The van der Waals surface area contributed by atoms with Crippen LogP contribution in [0, 0.1) is 17.2 Å². The van der Waals surface area contributed by atoms with E-state index in [-0.39, 0.29) is 5.82 Å². The first kappa shape index (κ1) is 25.6. The van der Waals surface area contributed by atoms with Gasteiger partial charge in [0.2, 0.25) is 0 Å². The van der Waals surface area contributed by atoms with Crippen molar-refractivity contribution < 1.29 is 9.47 Å². The molecule has 0 atom stereocenters. The Balaban J connectivity index is 1.43. The van der Waals surface area contributed by atoms with Gasteiger partial charge < -0.3 is 15.2 Å². The van der Waals surface area contributed by atoms with Crippen LogP contribution in [0.2, 0.25) is 10.0 Å². The Hall–Kier alpha value is -4.65. The van der Waals surface area contributed by atoms with E-state index in [1.165, 1.54) is 6.33 Å². The van der Waals surface area contributed by atoms with E-state index in [9.17, 15) is 5.26 Å². The van der Waals surface area contributed by atoms with E-state index < -0.39 is 0 Å². The maximum atomic E-state index is 9.72. The van der Waals surface area contributed by atoms with Gasteiger partial charge in [0.1, 0.15) is 29.7 Å². The normalized spacial score (nSPS) is 13.3. The Kier molecular flexibility index (Phi) is 6.72. The van der Waals surface area contributed by atoms with Crippen molar-refractivity contribution in [1.29, 1.82) is 5.26 Å². The minimum atomic E-state index is 0.280. The average Bonchev–Trinajstić information content (AvgIpc) is 3.71. The maximum Gasteiger partial charge on any atom is 0.169 e. The van der Waals surface area contributed by atoms with Crippen molar-refractivity contribution in [3.8, 4) is 40.3 Å². The van der Waals surface area contributed by atoms with Crippen LogP contribution in [0.15, 0.2) is 67.1 Å². The highest BCUT2D eigenvalue weighted by atomic mass is 35.5. The summed E-state index contributed by atoms with van der Waals surface area (Å²) in [4.78, 5) is 13.1. The van der Waals surface area contributed by atoms with Gasteiger partial charge in [-0.25, -0.2) is 14.6 Å². The van der Waals surface area contributed by atoms with Gasteiger partial charge in [-0.05, 0) is 61.2 Å². The number of pyridine rings is 1. The van der Waals surface area contributed by atoms with E-state index in [4.69, 9.17) is 43.5 Å². The predicted molar refractivity (Wildman–Crippen MR) is 154 cm³/mol. The molecule has 40 heavy (non-hydrogen) atoms. The number of nitrogens with zero attached hydrogens (tertiary/aromatic N) is 6. The summed E-state index contributed by atoms with van der Waals surface area (Å²) in [6.45, 7) is 0. The van der Waals surface area contributed by atoms with E-state index in [1.54, 1.807) is 54.4 Å². The van der Waals surface area contributed by atoms with Crippen LogP contribution in [0.1, 0.15) is 18.5 Å². The maximum absolute atomic E-state index is 9.72. The number of hydrogen-bond donors (Lipinski definition) is 1. The van der Waals surface area contributed by atoms with Crippen LogP contribution in [0.3, 0.4) is 0 Å². The van der Waals surface area contributed by atoms with Crippen molar-refractivity contribution in [3.63, 3.8) is 0 Å². The summed E-state index contributed by atoms with van der Waals surface area (Å²) < 4.78 is 13.3. The lowest BCUT2D eigenvalue weighted by Gasteiger charge is -2.12. The number of hydrogen-bond acceptors (Lipinski definition) is 8. The van der Waals surface area contributed by atoms with E-state index in [0.717, 1.165) is 12.8 Å². The van der Waals surface area contributed by atoms with Crippen molar-refractivity contribution in [2.75, 3.05) is 12.8 Å². The molecule has 2 aromatic carbocycles. The number of nitriles is 1. The minimum Gasteiger partial charge on any atom is -0.493 e. The van der Waals surface area contributed by atoms with Crippen LogP contribution in [-0.4, -0.2) is 31.8 Å². The minimum absolute atomic E-state index is 0.280. The van der Waals surface area contributed by atoms with E-state index >= 15 is 0 Å². The molecule has 11 heteroatoms. The van der Waals surface area contributed by atoms with Gasteiger partial charge in [0.25, 0.3) is 0 Å². The van der Waals surface area contributed by atoms with Gasteiger partial charge in [-0.3, -0.25) is 4.98 Å². The molecule has 9 nitrogen and oxygen atoms in total. The molecule has 0 saturated heterocycles.